The second-order valence-corrected chi connectivity index (χ2v) is 5.04. The lowest BCUT2D eigenvalue weighted by atomic mass is 10.1. The molecule has 0 amide bonds. The maximum Gasteiger partial charge on any atom is 0.142 e. The molecule has 0 fully saturated rings. The van der Waals surface area contributed by atoms with Crippen LogP contribution in [0.15, 0.2) is 24.3 Å². The summed E-state index contributed by atoms with van der Waals surface area (Å²) in [6.07, 6.45) is 1.99. The van der Waals surface area contributed by atoms with Crippen molar-refractivity contribution in [1.82, 2.24) is 9.97 Å². The number of rotatable bonds is 4. The molecule has 0 radical (unpaired) electrons. The molecule has 2 rings (SSSR count). The predicted octanol–water partition coefficient (Wildman–Crippen LogP) is 4.42. The molecule has 0 aliphatic carbocycles. The lowest BCUT2D eigenvalue weighted by molar-refractivity contribution is 0.416. The van der Waals surface area contributed by atoms with E-state index in [0.717, 1.165) is 24.1 Å². The van der Waals surface area contributed by atoms with Gasteiger partial charge in [-0.05, 0) is 30.7 Å². The predicted molar refractivity (Wildman–Crippen MR) is 80.4 cm³/mol. The van der Waals surface area contributed by atoms with Crippen LogP contribution >= 0.6 is 23.8 Å². The fourth-order valence-corrected chi connectivity index (χ4v) is 2.30. The number of methoxy groups -OCH3 is 1. The van der Waals surface area contributed by atoms with Gasteiger partial charge in [-0.1, -0.05) is 37.2 Å². The SMILES string of the molecule is CCCc1cc(=S)nc(-c2ccc(Cl)cc2OC)[nH]1. The van der Waals surface area contributed by atoms with Gasteiger partial charge in [-0.15, -0.1) is 0 Å². The van der Waals surface area contributed by atoms with Crippen LogP contribution in [0.25, 0.3) is 11.4 Å². The summed E-state index contributed by atoms with van der Waals surface area (Å²) >= 11 is 11.2. The zero-order valence-corrected chi connectivity index (χ0v) is 12.4. The molecule has 100 valence electrons. The van der Waals surface area contributed by atoms with Crippen molar-refractivity contribution < 1.29 is 4.74 Å². The van der Waals surface area contributed by atoms with E-state index < -0.39 is 0 Å². The number of aromatic amines is 1. The van der Waals surface area contributed by atoms with Crippen LogP contribution < -0.4 is 4.74 Å². The highest BCUT2D eigenvalue weighted by molar-refractivity contribution is 7.71. The third-order valence-corrected chi connectivity index (χ3v) is 3.18. The quantitative estimate of drug-likeness (QED) is 0.848. The number of benzene rings is 1. The molecule has 0 unspecified atom stereocenters. The summed E-state index contributed by atoms with van der Waals surface area (Å²) in [4.78, 5) is 7.66. The van der Waals surface area contributed by atoms with Gasteiger partial charge in [0.05, 0.1) is 12.7 Å². The molecule has 0 aliphatic rings. The number of halogens is 1. The normalized spacial score (nSPS) is 10.5. The van der Waals surface area contributed by atoms with Crippen LogP contribution in [0.3, 0.4) is 0 Å². The number of hydrogen-bond acceptors (Lipinski definition) is 3. The molecule has 2 aromatic rings. The molecule has 1 aromatic carbocycles. The molecule has 19 heavy (non-hydrogen) atoms. The number of ether oxygens (including phenoxy) is 1. The Kier molecular flexibility index (Phi) is 4.56. The molecule has 1 aromatic heterocycles. The molecular weight excluding hydrogens is 280 g/mol. The zero-order chi connectivity index (χ0) is 13.8. The van der Waals surface area contributed by atoms with Crippen LogP contribution in [0.5, 0.6) is 5.75 Å². The summed E-state index contributed by atoms with van der Waals surface area (Å²) in [7, 11) is 1.61. The first-order valence-corrected chi connectivity index (χ1v) is 6.86. The molecule has 0 saturated heterocycles. The Hall–Kier alpha value is -1.39. The maximum atomic E-state index is 5.96. The zero-order valence-electron chi connectivity index (χ0n) is 10.9. The average molecular weight is 295 g/mol. The molecule has 3 nitrogen and oxygen atoms in total. The van der Waals surface area contributed by atoms with E-state index >= 15 is 0 Å². The van der Waals surface area contributed by atoms with E-state index in [-0.39, 0.29) is 0 Å². The van der Waals surface area contributed by atoms with Gasteiger partial charge in [0.25, 0.3) is 0 Å². The van der Waals surface area contributed by atoms with Crippen LogP contribution in [0, 0.1) is 4.64 Å². The van der Waals surface area contributed by atoms with Crippen LogP contribution in [-0.4, -0.2) is 17.1 Å². The molecule has 5 heteroatoms. The Balaban J connectivity index is 2.55. The van der Waals surface area contributed by atoms with E-state index in [9.17, 15) is 0 Å². The second kappa shape index (κ2) is 6.17. The Morgan fingerprint density at radius 1 is 1.37 bits per heavy atom. The number of aryl methyl sites for hydroxylation is 1. The van der Waals surface area contributed by atoms with Crippen molar-refractivity contribution in [2.75, 3.05) is 7.11 Å². The van der Waals surface area contributed by atoms with Gasteiger partial charge in [0.1, 0.15) is 16.2 Å². The van der Waals surface area contributed by atoms with E-state index in [2.05, 4.69) is 16.9 Å². The number of H-pyrrole nitrogens is 1. The minimum Gasteiger partial charge on any atom is -0.496 e. The van der Waals surface area contributed by atoms with E-state index in [1.165, 1.54) is 0 Å². The third kappa shape index (κ3) is 3.33. The lowest BCUT2D eigenvalue weighted by Crippen LogP contribution is -1.98. The van der Waals surface area contributed by atoms with Crippen LogP contribution in [0.1, 0.15) is 19.0 Å². The summed E-state index contributed by atoms with van der Waals surface area (Å²) in [6.45, 7) is 2.12. The van der Waals surface area contributed by atoms with Gasteiger partial charge in [-0.3, -0.25) is 0 Å². The van der Waals surface area contributed by atoms with Gasteiger partial charge in [-0.2, -0.15) is 0 Å². The van der Waals surface area contributed by atoms with Crippen molar-refractivity contribution in [3.05, 3.63) is 39.6 Å². The second-order valence-electron chi connectivity index (χ2n) is 4.19. The van der Waals surface area contributed by atoms with Crippen LogP contribution in [0.4, 0.5) is 0 Å². The number of nitrogens with one attached hydrogen (secondary N) is 1. The molecule has 0 spiro atoms. The van der Waals surface area contributed by atoms with Gasteiger partial charge in [0, 0.05) is 10.7 Å². The van der Waals surface area contributed by atoms with Crippen molar-refractivity contribution in [1.29, 1.82) is 0 Å². The van der Waals surface area contributed by atoms with E-state index in [1.54, 1.807) is 13.2 Å². The van der Waals surface area contributed by atoms with Crippen LogP contribution in [-0.2, 0) is 6.42 Å². The molecule has 1 heterocycles. The van der Waals surface area contributed by atoms with E-state index in [4.69, 9.17) is 28.6 Å². The van der Waals surface area contributed by atoms with Crippen molar-refractivity contribution >= 4 is 23.8 Å². The van der Waals surface area contributed by atoms with Crippen molar-refractivity contribution in [3.8, 4) is 17.1 Å². The highest BCUT2D eigenvalue weighted by atomic mass is 35.5. The molecule has 1 N–H and O–H groups in total. The first-order chi connectivity index (χ1) is 9.13. The Bertz CT molecular complexity index is 640. The topological polar surface area (TPSA) is 37.9 Å². The van der Waals surface area contributed by atoms with Crippen molar-refractivity contribution in [3.63, 3.8) is 0 Å². The molecule has 0 bridgehead atoms. The first-order valence-electron chi connectivity index (χ1n) is 6.08. The fraction of sp³-hybridized carbons (Fsp3) is 0.286. The van der Waals surface area contributed by atoms with Crippen LogP contribution in [0.2, 0.25) is 5.02 Å². The average Bonchev–Trinajstić information content (AvgIpc) is 2.38. The molecule has 0 saturated carbocycles. The fourth-order valence-electron chi connectivity index (χ4n) is 1.90. The summed E-state index contributed by atoms with van der Waals surface area (Å²) < 4.78 is 5.92. The highest BCUT2D eigenvalue weighted by Crippen LogP contribution is 2.30. The molecule has 0 aliphatic heterocycles. The highest BCUT2D eigenvalue weighted by Gasteiger charge is 2.09. The van der Waals surface area contributed by atoms with Crippen molar-refractivity contribution in [2.45, 2.75) is 19.8 Å². The minimum atomic E-state index is 0.578. The Morgan fingerprint density at radius 2 is 2.16 bits per heavy atom. The number of nitrogens with zero attached hydrogens (tertiary/aromatic N) is 1. The van der Waals surface area contributed by atoms with E-state index in [1.807, 2.05) is 18.2 Å². The summed E-state index contributed by atoms with van der Waals surface area (Å²) in [6, 6.07) is 7.35. The Labute approximate surface area is 122 Å². The monoisotopic (exact) mass is 294 g/mol. The summed E-state index contributed by atoms with van der Waals surface area (Å²) in [5.74, 6) is 1.39. The largest absolute Gasteiger partial charge is 0.496 e. The lowest BCUT2D eigenvalue weighted by Gasteiger charge is -2.10. The standard InChI is InChI=1S/C14H15ClN2OS/c1-3-4-10-8-13(19)17-14(16-10)11-6-5-9(15)7-12(11)18-2/h5-8H,3-4H2,1-2H3,(H,16,17,19). The molecular formula is C14H15ClN2OS. The van der Waals surface area contributed by atoms with Gasteiger partial charge in [0.15, 0.2) is 0 Å². The summed E-state index contributed by atoms with van der Waals surface area (Å²) in [5.41, 5.74) is 1.94. The summed E-state index contributed by atoms with van der Waals surface area (Å²) in [5, 5.41) is 0.629. The van der Waals surface area contributed by atoms with Gasteiger partial charge >= 0.3 is 0 Å². The molecule has 0 atom stereocenters. The van der Waals surface area contributed by atoms with Crippen molar-refractivity contribution in [2.24, 2.45) is 0 Å². The van der Waals surface area contributed by atoms with Gasteiger partial charge < -0.3 is 9.72 Å². The number of hydrogen-bond donors (Lipinski definition) is 1. The maximum absolute atomic E-state index is 5.96. The van der Waals surface area contributed by atoms with E-state index in [0.29, 0.717) is 21.2 Å². The number of aromatic nitrogens is 2. The van der Waals surface area contributed by atoms with Gasteiger partial charge in [-0.25, -0.2) is 4.98 Å². The van der Waals surface area contributed by atoms with Gasteiger partial charge in [0.2, 0.25) is 0 Å². The smallest absolute Gasteiger partial charge is 0.142 e. The minimum absolute atomic E-state index is 0.578. The third-order valence-electron chi connectivity index (χ3n) is 2.74. The first kappa shape index (κ1) is 14.0. The Morgan fingerprint density at radius 3 is 2.84 bits per heavy atom.